The van der Waals surface area contributed by atoms with E-state index in [0.29, 0.717) is 0 Å². The molecular formula is C14H18N2S2. The summed E-state index contributed by atoms with van der Waals surface area (Å²) >= 11 is 3.70. The second kappa shape index (κ2) is 5.51. The van der Waals surface area contributed by atoms with E-state index in [1.54, 1.807) is 0 Å². The summed E-state index contributed by atoms with van der Waals surface area (Å²) < 4.78 is 0. The van der Waals surface area contributed by atoms with Gasteiger partial charge >= 0.3 is 0 Å². The molecule has 0 unspecified atom stereocenters. The Morgan fingerprint density at radius 2 is 2.33 bits per heavy atom. The van der Waals surface area contributed by atoms with E-state index in [1.165, 1.54) is 33.3 Å². The number of aryl methyl sites for hydroxylation is 1. The molecule has 1 saturated carbocycles. The largest absolute Gasteiger partial charge is 0.309 e. The number of rotatable bonds is 6. The van der Waals surface area contributed by atoms with Crippen molar-refractivity contribution in [3.63, 3.8) is 0 Å². The van der Waals surface area contributed by atoms with E-state index >= 15 is 0 Å². The Bertz CT molecular complexity index is 498. The van der Waals surface area contributed by atoms with Crippen molar-refractivity contribution in [3.8, 4) is 0 Å². The zero-order valence-electron chi connectivity index (χ0n) is 10.6. The van der Waals surface area contributed by atoms with Gasteiger partial charge in [-0.1, -0.05) is 13.0 Å². The average molecular weight is 278 g/mol. The van der Waals surface area contributed by atoms with E-state index in [0.717, 1.165) is 25.4 Å². The van der Waals surface area contributed by atoms with Crippen LogP contribution in [0.1, 0.15) is 40.2 Å². The van der Waals surface area contributed by atoms with E-state index in [9.17, 15) is 0 Å². The Balaban J connectivity index is 1.70. The summed E-state index contributed by atoms with van der Waals surface area (Å²) in [6.07, 6.45) is 4.74. The molecule has 2 aromatic rings. The summed E-state index contributed by atoms with van der Waals surface area (Å²) in [6.45, 7) is 3.21. The highest BCUT2D eigenvalue weighted by molar-refractivity contribution is 7.12. The molecule has 18 heavy (non-hydrogen) atoms. The maximum absolute atomic E-state index is 4.79. The average Bonchev–Trinajstić information content (AvgIpc) is 2.91. The van der Waals surface area contributed by atoms with Gasteiger partial charge in [0.15, 0.2) is 0 Å². The van der Waals surface area contributed by atoms with Crippen molar-refractivity contribution in [2.45, 2.75) is 45.2 Å². The van der Waals surface area contributed by atoms with Gasteiger partial charge in [-0.15, -0.1) is 22.7 Å². The summed E-state index contributed by atoms with van der Waals surface area (Å²) in [6, 6.07) is 5.08. The first-order valence-electron chi connectivity index (χ1n) is 6.58. The molecule has 96 valence electrons. The molecule has 1 N–H and O–H groups in total. The molecule has 1 aliphatic rings. The molecule has 0 radical (unpaired) electrons. The standard InChI is InChI=1S/C14H18N2S2/c1-2-12-13(9-15-10-5-6-10)18-14(16-12)8-11-4-3-7-17-11/h3-4,7,10,15H,2,5-6,8-9H2,1H3. The van der Waals surface area contributed by atoms with E-state index in [1.807, 2.05) is 22.7 Å². The van der Waals surface area contributed by atoms with Crippen molar-refractivity contribution in [1.82, 2.24) is 10.3 Å². The number of thiophene rings is 1. The third-order valence-corrected chi connectivity index (χ3v) is 5.17. The smallest absolute Gasteiger partial charge is 0.0983 e. The van der Waals surface area contributed by atoms with Crippen LogP contribution in [0.15, 0.2) is 17.5 Å². The number of nitrogens with zero attached hydrogens (tertiary/aromatic N) is 1. The Morgan fingerprint density at radius 3 is 3.00 bits per heavy atom. The van der Waals surface area contributed by atoms with Gasteiger partial charge in [-0.3, -0.25) is 0 Å². The van der Waals surface area contributed by atoms with Crippen LogP contribution in [0.25, 0.3) is 0 Å². The lowest BCUT2D eigenvalue weighted by Gasteiger charge is -2.00. The van der Waals surface area contributed by atoms with Crippen molar-refractivity contribution in [1.29, 1.82) is 0 Å². The van der Waals surface area contributed by atoms with Gasteiger partial charge in [0.25, 0.3) is 0 Å². The van der Waals surface area contributed by atoms with Crippen LogP contribution < -0.4 is 5.32 Å². The monoisotopic (exact) mass is 278 g/mol. The van der Waals surface area contributed by atoms with Crippen LogP contribution in [-0.2, 0) is 19.4 Å². The highest BCUT2D eigenvalue weighted by atomic mass is 32.1. The highest BCUT2D eigenvalue weighted by Gasteiger charge is 2.21. The lowest BCUT2D eigenvalue weighted by molar-refractivity contribution is 0.689. The molecular weight excluding hydrogens is 260 g/mol. The van der Waals surface area contributed by atoms with Crippen LogP contribution in [-0.4, -0.2) is 11.0 Å². The SMILES string of the molecule is CCc1nc(Cc2cccs2)sc1CNC1CC1. The van der Waals surface area contributed by atoms with E-state index in [4.69, 9.17) is 4.98 Å². The second-order valence-electron chi connectivity index (χ2n) is 4.74. The molecule has 4 heteroatoms. The van der Waals surface area contributed by atoms with Gasteiger partial charge < -0.3 is 5.32 Å². The molecule has 3 rings (SSSR count). The molecule has 0 amide bonds. The highest BCUT2D eigenvalue weighted by Crippen LogP contribution is 2.25. The van der Waals surface area contributed by atoms with Crippen molar-refractivity contribution in [2.24, 2.45) is 0 Å². The Kier molecular flexibility index (Phi) is 3.77. The first-order chi connectivity index (χ1) is 8.85. The second-order valence-corrected chi connectivity index (χ2v) is 6.94. The van der Waals surface area contributed by atoms with E-state index in [2.05, 4.69) is 29.8 Å². The van der Waals surface area contributed by atoms with Crippen LogP contribution in [0, 0.1) is 0 Å². The quantitative estimate of drug-likeness (QED) is 0.873. The van der Waals surface area contributed by atoms with Crippen LogP contribution in [0.5, 0.6) is 0 Å². The number of thiazole rings is 1. The molecule has 2 nitrogen and oxygen atoms in total. The summed E-state index contributed by atoms with van der Waals surface area (Å²) in [5, 5.41) is 7.00. The van der Waals surface area contributed by atoms with E-state index < -0.39 is 0 Å². The maximum Gasteiger partial charge on any atom is 0.0983 e. The summed E-state index contributed by atoms with van der Waals surface area (Å²) in [5.74, 6) is 0. The van der Waals surface area contributed by atoms with Crippen LogP contribution in [0.2, 0.25) is 0 Å². The van der Waals surface area contributed by atoms with Gasteiger partial charge in [-0.2, -0.15) is 0 Å². The fourth-order valence-corrected chi connectivity index (χ4v) is 3.95. The predicted molar refractivity (Wildman–Crippen MR) is 78.5 cm³/mol. The van der Waals surface area contributed by atoms with Crippen molar-refractivity contribution < 1.29 is 0 Å². The fraction of sp³-hybridized carbons (Fsp3) is 0.500. The maximum atomic E-state index is 4.79. The lowest BCUT2D eigenvalue weighted by atomic mass is 10.3. The van der Waals surface area contributed by atoms with Crippen LogP contribution in [0.3, 0.4) is 0 Å². The third-order valence-electron chi connectivity index (χ3n) is 3.19. The molecule has 0 saturated heterocycles. The molecule has 0 aromatic carbocycles. The van der Waals surface area contributed by atoms with Gasteiger partial charge in [-0.25, -0.2) is 4.98 Å². The van der Waals surface area contributed by atoms with Crippen molar-refractivity contribution >= 4 is 22.7 Å². The Labute approximate surface area is 116 Å². The molecule has 2 aromatic heterocycles. The van der Waals surface area contributed by atoms with Crippen LogP contribution in [0.4, 0.5) is 0 Å². The van der Waals surface area contributed by atoms with Gasteiger partial charge in [0, 0.05) is 28.8 Å². The summed E-state index contributed by atoms with van der Waals surface area (Å²) in [5.41, 5.74) is 1.29. The Morgan fingerprint density at radius 1 is 1.44 bits per heavy atom. The van der Waals surface area contributed by atoms with Gasteiger partial charge in [0.05, 0.1) is 10.7 Å². The molecule has 0 bridgehead atoms. The zero-order chi connectivity index (χ0) is 12.4. The summed E-state index contributed by atoms with van der Waals surface area (Å²) in [4.78, 5) is 7.64. The molecule has 2 heterocycles. The minimum Gasteiger partial charge on any atom is -0.309 e. The molecule has 0 atom stereocenters. The molecule has 1 fully saturated rings. The number of hydrogen-bond donors (Lipinski definition) is 1. The van der Waals surface area contributed by atoms with Crippen molar-refractivity contribution in [3.05, 3.63) is 38.0 Å². The van der Waals surface area contributed by atoms with Gasteiger partial charge in [0.1, 0.15) is 0 Å². The van der Waals surface area contributed by atoms with Crippen LogP contribution >= 0.6 is 22.7 Å². The number of aromatic nitrogens is 1. The normalized spacial score (nSPS) is 15.2. The lowest BCUT2D eigenvalue weighted by Crippen LogP contribution is -2.15. The molecule has 1 aliphatic carbocycles. The van der Waals surface area contributed by atoms with Gasteiger partial charge in [-0.05, 0) is 30.7 Å². The first kappa shape index (κ1) is 12.3. The topological polar surface area (TPSA) is 24.9 Å². The molecule has 0 aliphatic heterocycles. The third kappa shape index (κ3) is 2.99. The number of hydrogen-bond acceptors (Lipinski definition) is 4. The minimum atomic E-state index is 0.776. The zero-order valence-corrected chi connectivity index (χ0v) is 12.2. The fourth-order valence-electron chi connectivity index (χ4n) is 2.01. The summed E-state index contributed by atoms with van der Waals surface area (Å²) in [7, 11) is 0. The van der Waals surface area contributed by atoms with Gasteiger partial charge in [0.2, 0.25) is 0 Å². The predicted octanol–water partition coefficient (Wildman–Crippen LogP) is 3.61. The first-order valence-corrected chi connectivity index (χ1v) is 8.28. The molecule has 0 spiro atoms. The van der Waals surface area contributed by atoms with E-state index in [-0.39, 0.29) is 0 Å². The number of nitrogens with one attached hydrogen (secondary N) is 1. The van der Waals surface area contributed by atoms with Crippen molar-refractivity contribution in [2.75, 3.05) is 0 Å². The Hall–Kier alpha value is -0.710. The minimum absolute atomic E-state index is 0.776.